The Kier molecular flexibility index (Phi) is 4.38. The first kappa shape index (κ1) is 13.1. The average Bonchev–Trinajstić information content (AvgIpc) is 2.81. The highest BCUT2D eigenvalue weighted by Gasteiger charge is 2.09. The summed E-state index contributed by atoms with van der Waals surface area (Å²) in [5.41, 5.74) is 1.46. The number of aromatic amines is 1. The van der Waals surface area contributed by atoms with Crippen molar-refractivity contribution in [1.29, 1.82) is 0 Å². The van der Waals surface area contributed by atoms with E-state index in [1.54, 1.807) is 30.7 Å². The van der Waals surface area contributed by atoms with Crippen molar-refractivity contribution in [3.05, 3.63) is 51.5 Å². The largest absolute Gasteiger partial charge is 0.352 e. The number of imidazole rings is 1. The third-order valence-electron chi connectivity index (χ3n) is 2.41. The molecule has 6 heteroatoms. The number of amides is 1. The van der Waals surface area contributed by atoms with E-state index in [1.165, 1.54) is 0 Å². The van der Waals surface area contributed by atoms with E-state index in [4.69, 9.17) is 11.6 Å². The normalized spacial score (nSPS) is 10.3. The second-order valence-corrected chi connectivity index (χ2v) is 5.03. The van der Waals surface area contributed by atoms with Crippen LogP contribution in [-0.4, -0.2) is 22.4 Å². The zero-order chi connectivity index (χ0) is 13.0. The van der Waals surface area contributed by atoms with Gasteiger partial charge in [-0.3, -0.25) is 4.79 Å². The molecular weight excluding hydrogens is 318 g/mol. The van der Waals surface area contributed by atoms with Crippen molar-refractivity contribution in [2.45, 2.75) is 6.42 Å². The maximum atomic E-state index is 11.9. The molecule has 0 saturated heterocycles. The van der Waals surface area contributed by atoms with Gasteiger partial charge in [0.05, 0.1) is 16.9 Å². The number of aromatic nitrogens is 2. The summed E-state index contributed by atoms with van der Waals surface area (Å²) in [6, 6.07) is 5.18. The minimum atomic E-state index is -0.174. The lowest BCUT2D eigenvalue weighted by atomic mass is 10.2. The molecule has 1 amide bonds. The number of H-pyrrole nitrogens is 1. The zero-order valence-electron chi connectivity index (χ0n) is 9.41. The van der Waals surface area contributed by atoms with Crippen LogP contribution in [0.5, 0.6) is 0 Å². The molecule has 4 nitrogen and oxygen atoms in total. The van der Waals surface area contributed by atoms with Gasteiger partial charge in [0, 0.05) is 29.3 Å². The number of hydrogen-bond acceptors (Lipinski definition) is 2. The first-order valence-corrected chi connectivity index (χ1v) is 6.54. The number of halogens is 2. The van der Waals surface area contributed by atoms with E-state index in [0.717, 1.165) is 10.2 Å². The Hall–Kier alpha value is -1.33. The van der Waals surface area contributed by atoms with Gasteiger partial charge >= 0.3 is 0 Å². The van der Waals surface area contributed by atoms with Crippen LogP contribution in [0, 0.1) is 0 Å². The van der Waals surface area contributed by atoms with E-state index in [9.17, 15) is 4.79 Å². The fourth-order valence-corrected chi connectivity index (χ4v) is 2.26. The molecule has 0 unspecified atom stereocenters. The van der Waals surface area contributed by atoms with Crippen molar-refractivity contribution in [3.8, 4) is 0 Å². The molecule has 2 N–H and O–H groups in total. The maximum Gasteiger partial charge on any atom is 0.252 e. The molecule has 2 rings (SSSR count). The van der Waals surface area contributed by atoms with Crippen molar-refractivity contribution in [3.63, 3.8) is 0 Å². The molecule has 18 heavy (non-hydrogen) atoms. The quantitative estimate of drug-likeness (QED) is 0.906. The van der Waals surface area contributed by atoms with Crippen LogP contribution >= 0.6 is 27.5 Å². The third kappa shape index (κ3) is 3.34. The highest BCUT2D eigenvalue weighted by molar-refractivity contribution is 9.10. The Morgan fingerprint density at radius 2 is 2.33 bits per heavy atom. The molecule has 0 radical (unpaired) electrons. The zero-order valence-corrected chi connectivity index (χ0v) is 11.8. The maximum absolute atomic E-state index is 11.9. The van der Waals surface area contributed by atoms with Crippen LogP contribution in [0.3, 0.4) is 0 Å². The third-order valence-corrected chi connectivity index (χ3v) is 3.22. The molecule has 0 aliphatic carbocycles. The molecule has 0 fully saturated rings. The summed E-state index contributed by atoms with van der Waals surface area (Å²) < 4.78 is 0.849. The minimum absolute atomic E-state index is 0.174. The van der Waals surface area contributed by atoms with Crippen LogP contribution in [0.4, 0.5) is 0 Å². The van der Waals surface area contributed by atoms with E-state index in [0.29, 0.717) is 23.6 Å². The van der Waals surface area contributed by atoms with E-state index < -0.39 is 0 Å². The van der Waals surface area contributed by atoms with Crippen LogP contribution < -0.4 is 5.32 Å². The summed E-state index contributed by atoms with van der Waals surface area (Å²) >= 11 is 9.29. The van der Waals surface area contributed by atoms with Crippen molar-refractivity contribution < 1.29 is 4.79 Å². The summed E-state index contributed by atoms with van der Waals surface area (Å²) in [5.74, 6) is -0.174. The summed E-state index contributed by atoms with van der Waals surface area (Å²) in [6.07, 6.45) is 4.06. The van der Waals surface area contributed by atoms with Crippen molar-refractivity contribution in [2.24, 2.45) is 0 Å². The van der Waals surface area contributed by atoms with Gasteiger partial charge in [-0.1, -0.05) is 27.5 Å². The average molecular weight is 329 g/mol. The first-order valence-electron chi connectivity index (χ1n) is 5.37. The van der Waals surface area contributed by atoms with Crippen LogP contribution in [-0.2, 0) is 6.42 Å². The molecule has 0 bridgehead atoms. The molecule has 1 heterocycles. The molecule has 2 aromatic rings. The summed E-state index contributed by atoms with van der Waals surface area (Å²) in [4.78, 5) is 18.8. The molecule has 94 valence electrons. The fourth-order valence-electron chi connectivity index (χ4n) is 1.50. The topological polar surface area (TPSA) is 57.8 Å². The lowest BCUT2D eigenvalue weighted by Gasteiger charge is -2.06. The van der Waals surface area contributed by atoms with E-state index in [1.807, 2.05) is 0 Å². The predicted octanol–water partition coefficient (Wildman–Crippen LogP) is 2.80. The number of carbonyl (C=O) groups is 1. The van der Waals surface area contributed by atoms with E-state index >= 15 is 0 Å². The summed E-state index contributed by atoms with van der Waals surface area (Å²) in [5, 5.41) is 3.24. The lowest BCUT2D eigenvalue weighted by Crippen LogP contribution is -2.26. The van der Waals surface area contributed by atoms with Gasteiger partial charge in [-0.25, -0.2) is 4.98 Å². The Bertz CT molecular complexity index is 542. The molecular formula is C12H11BrClN3O. The van der Waals surface area contributed by atoms with Gasteiger partial charge in [0.25, 0.3) is 5.91 Å². The number of nitrogens with zero attached hydrogens (tertiary/aromatic N) is 1. The Balaban J connectivity index is 1.91. The number of nitrogens with one attached hydrogen (secondary N) is 2. The molecule has 0 aliphatic heterocycles. The molecule has 0 atom stereocenters. The SMILES string of the molecule is O=C(NCCc1cnc[nH]1)c1ccc(Br)cc1Cl. The van der Waals surface area contributed by atoms with Gasteiger partial charge in [-0.05, 0) is 18.2 Å². The molecule has 0 saturated carbocycles. The van der Waals surface area contributed by atoms with E-state index in [-0.39, 0.29) is 5.91 Å². The van der Waals surface area contributed by atoms with Crippen LogP contribution in [0.1, 0.15) is 16.1 Å². The molecule has 1 aromatic heterocycles. The number of carbonyl (C=O) groups excluding carboxylic acids is 1. The first-order chi connectivity index (χ1) is 8.66. The molecule has 1 aromatic carbocycles. The van der Waals surface area contributed by atoms with Gasteiger partial charge in [0.1, 0.15) is 0 Å². The minimum Gasteiger partial charge on any atom is -0.352 e. The van der Waals surface area contributed by atoms with Crippen molar-refractivity contribution in [2.75, 3.05) is 6.54 Å². The Morgan fingerprint density at radius 1 is 1.50 bits per heavy atom. The Labute approximate surface area is 118 Å². The van der Waals surface area contributed by atoms with Gasteiger partial charge in [0.15, 0.2) is 0 Å². The van der Waals surface area contributed by atoms with Gasteiger partial charge in [-0.2, -0.15) is 0 Å². The second kappa shape index (κ2) is 6.02. The molecule has 0 spiro atoms. The Morgan fingerprint density at radius 3 is 3.00 bits per heavy atom. The van der Waals surface area contributed by atoms with Crippen LogP contribution in [0.15, 0.2) is 35.2 Å². The summed E-state index contributed by atoms with van der Waals surface area (Å²) in [6.45, 7) is 0.535. The standard InChI is InChI=1S/C12H11BrClN3O/c13-8-1-2-10(11(14)5-8)12(18)16-4-3-9-6-15-7-17-9/h1-2,5-7H,3-4H2,(H,15,17)(H,16,18). The van der Waals surface area contributed by atoms with Crippen molar-refractivity contribution >= 4 is 33.4 Å². The smallest absolute Gasteiger partial charge is 0.252 e. The predicted molar refractivity (Wildman–Crippen MR) is 73.8 cm³/mol. The lowest BCUT2D eigenvalue weighted by molar-refractivity contribution is 0.0954. The van der Waals surface area contributed by atoms with Gasteiger partial charge < -0.3 is 10.3 Å². The molecule has 0 aliphatic rings. The van der Waals surface area contributed by atoms with Crippen LogP contribution in [0.25, 0.3) is 0 Å². The highest BCUT2D eigenvalue weighted by Crippen LogP contribution is 2.21. The van der Waals surface area contributed by atoms with Crippen LogP contribution in [0.2, 0.25) is 5.02 Å². The summed E-state index contributed by atoms with van der Waals surface area (Å²) in [7, 11) is 0. The van der Waals surface area contributed by atoms with Crippen molar-refractivity contribution in [1.82, 2.24) is 15.3 Å². The highest BCUT2D eigenvalue weighted by atomic mass is 79.9. The van der Waals surface area contributed by atoms with Gasteiger partial charge in [-0.15, -0.1) is 0 Å². The number of hydrogen-bond donors (Lipinski definition) is 2. The second-order valence-electron chi connectivity index (χ2n) is 3.71. The number of benzene rings is 1. The monoisotopic (exact) mass is 327 g/mol. The fraction of sp³-hybridized carbons (Fsp3) is 0.167. The van der Waals surface area contributed by atoms with E-state index in [2.05, 4.69) is 31.2 Å². The number of rotatable bonds is 4. The van der Waals surface area contributed by atoms with Gasteiger partial charge in [0.2, 0.25) is 0 Å².